The minimum Gasteiger partial charge on any atom is -0.309 e. The Labute approximate surface area is 187 Å². The molecular weight excluding hydrogens is 430 g/mol. The molecule has 0 amide bonds. The number of thiophene rings is 1. The molecule has 0 saturated heterocycles. The van der Waals surface area contributed by atoms with Crippen LogP contribution in [-0.2, 0) is 32.4 Å². The van der Waals surface area contributed by atoms with Gasteiger partial charge in [0.2, 0.25) is 0 Å². The lowest BCUT2D eigenvalue weighted by Crippen LogP contribution is -2.34. The molecule has 0 spiro atoms. The lowest BCUT2D eigenvalue weighted by molar-refractivity contribution is 0.454. The van der Waals surface area contributed by atoms with Gasteiger partial charge in [-0.2, -0.15) is 0 Å². The van der Waals surface area contributed by atoms with Crippen molar-refractivity contribution in [3.63, 3.8) is 0 Å². The van der Waals surface area contributed by atoms with Gasteiger partial charge < -0.3 is 5.32 Å². The van der Waals surface area contributed by atoms with E-state index in [2.05, 4.69) is 15.3 Å². The standard InChI is InChI=1S/C24H22F2N4OS/c25-16-4-7-20(26)15(11-16)13-28-18-5-6-19-21(12-18)32-23-22(19)24(31)30(14-29-23)10-8-17-3-1-2-9-27-17/h1-4,7,9,11,14,18,28H,5-6,8,10,12-13H2. The molecule has 0 fully saturated rings. The highest BCUT2D eigenvalue weighted by Crippen LogP contribution is 2.33. The van der Waals surface area contributed by atoms with Gasteiger partial charge in [-0.1, -0.05) is 6.07 Å². The summed E-state index contributed by atoms with van der Waals surface area (Å²) in [4.78, 5) is 23.9. The van der Waals surface area contributed by atoms with Gasteiger partial charge in [0, 0.05) is 47.9 Å². The molecule has 0 radical (unpaired) electrons. The van der Waals surface area contributed by atoms with E-state index in [-0.39, 0.29) is 18.1 Å². The van der Waals surface area contributed by atoms with Gasteiger partial charge in [0.1, 0.15) is 16.5 Å². The van der Waals surface area contributed by atoms with Crippen LogP contribution in [0.15, 0.2) is 53.7 Å². The molecule has 0 aliphatic heterocycles. The molecule has 1 atom stereocenters. The molecule has 1 aromatic carbocycles. The number of halogens is 2. The van der Waals surface area contributed by atoms with E-state index in [1.54, 1.807) is 28.4 Å². The smallest absolute Gasteiger partial charge is 0.262 e. The second-order valence-corrected chi connectivity index (χ2v) is 9.14. The minimum atomic E-state index is -0.441. The topological polar surface area (TPSA) is 59.8 Å². The molecule has 1 aliphatic rings. The summed E-state index contributed by atoms with van der Waals surface area (Å²) in [5, 5.41) is 4.07. The molecule has 1 N–H and O–H groups in total. The first-order chi connectivity index (χ1) is 15.6. The zero-order chi connectivity index (χ0) is 22.1. The number of rotatable bonds is 6. The van der Waals surface area contributed by atoms with Gasteiger partial charge in [0.15, 0.2) is 0 Å². The van der Waals surface area contributed by atoms with Gasteiger partial charge in [0.05, 0.1) is 11.7 Å². The summed E-state index contributed by atoms with van der Waals surface area (Å²) in [6.07, 6.45) is 6.39. The number of hydrogen-bond donors (Lipinski definition) is 1. The average molecular weight is 453 g/mol. The zero-order valence-electron chi connectivity index (χ0n) is 17.4. The van der Waals surface area contributed by atoms with Gasteiger partial charge in [0.25, 0.3) is 5.56 Å². The van der Waals surface area contributed by atoms with Crippen molar-refractivity contribution in [2.24, 2.45) is 0 Å². The maximum atomic E-state index is 13.9. The number of fused-ring (bicyclic) bond motifs is 3. The minimum absolute atomic E-state index is 0.00308. The Morgan fingerprint density at radius 2 is 2.09 bits per heavy atom. The van der Waals surface area contributed by atoms with Crippen molar-refractivity contribution in [3.8, 4) is 0 Å². The quantitative estimate of drug-likeness (QED) is 0.480. The van der Waals surface area contributed by atoms with Crippen molar-refractivity contribution in [2.75, 3.05) is 0 Å². The van der Waals surface area contributed by atoms with Crippen molar-refractivity contribution < 1.29 is 8.78 Å². The summed E-state index contributed by atoms with van der Waals surface area (Å²) in [6.45, 7) is 0.805. The number of hydrogen-bond acceptors (Lipinski definition) is 5. The van der Waals surface area contributed by atoms with Crippen LogP contribution in [0.4, 0.5) is 8.78 Å². The summed E-state index contributed by atoms with van der Waals surface area (Å²) in [5.74, 6) is -0.850. The van der Waals surface area contributed by atoms with Crippen LogP contribution in [0.2, 0.25) is 0 Å². The Morgan fingerprint density at radius 1 is 1.19 bits per heavy atom. The number of benzene rings is 1. The summed E-state index contributed by atoms with van der Waals surface area (Å²) < 4.78 is 29.0. The molecule has 4 aromatic rings. The highest BCUT2D eigenvalue weighted by molar-refractivity contribution is 7.18. The van der Waals surface area contributed by atoms with Crippen molar-refractivity contribution in [1.29, 1.82) is 0 Å². The van der Waals surface area contributed by atoms with E-state index in [1.807, 2.05) is 18.2 Å². The van der Waals surface area contributed by atoms with Crippen LogP contribution in [0.25, 0.3) is 10.2 Å². The zero-order valence-corrected chi connectivity index (χ0v) is 18.2. The fourth-order valence-electron chi connectivity index (χ4n) is 4.25. The van der Waals surface area contributed by atoms with E-state index >= 15 is 0 Å². The molecule has 3 aromatic heterocycles. The van der Waals surface area contributed by atoms with Crippen molar-refractivity contribution in [1.82, 2.24) is 19.9 Å². The Balaban J connectivity index is 1.32. The van der Waals surface area contributed by atoms with Crippen LogP contribution < -0.4 is 10.9 Å². The second kappa shape index (κ2) is 8.88. The van der Waals surface area contributed by atoms with Gasteiger partial charge >= 0.3 is 0 Å². The average Bonchev–Trinajstić information content (AvgIpc) is 3.18. The Bertz CT molecular complexity index is 1320. The lowest BCUT2D eigenvalue weighted by atomic mass is 9.93. The van der Waals surface area contributed by atoms with Crippen LogP contribution in [0.1, 0.15) is 28.1 Å². The monoisotopic (exact) mass is 452 g/mol. The van der Waals surface area contributed by atoms with Crippen molar-refractivity contribution >= 4 is 21.6 Å². The Morgan fingerprint density at radius 3 is 2.94 bits per heavy atom. The fourth-order valence-corrected chi connectivity index (χ4v) is 5.51. The highest BCUT2D eigenvalue weighted by Gasteiger charge is 2.25. The molecule has 32 heavy (non-hydrogen) atoms. The van der Waals surface area contributed by atoms with Crippen molar-refractivity contribution in [3.05, 3.63) is 92.6 Å². The van der Waals surface area contributed by atoms with Crippen LogP contribution in [0.3, 0.4) is 0 Å². The lowest BCUT2D eigenvalue weighted by Gasteiger charge is -2.23. The summed E-state index contributed by atoms with van der Waals surface area (Å²) in [7, 11) is 0. The maximum Gasteiger partial charge on any atom is 0.262 e. The predicted molar refractivity (Wildman–Crippen MR) is 121 cm³/mol. The normalized spacial score (nSPS) is 15.8. The third kappa shape index (κ3) is 4.20. The van der Waals surface area contributed by atoms with Crippen LogP contribution in [0, 0.1) is 11.6 Å². The molecule has 0 bridgehead atoms. The van der Waals surface area contributed by atoms with E-state index in [0.717, 1.165) is 57.7 Å². The Kier molecular flexibility index (Phi) is 5.80. The van der Waals surface area contributed by atoms with Gasteiger partial charge in [-0.05, 0) is 55.2 Å². The third-order valence-electron chi connectivity index (χ3n) is 5.96. The molecule has 3 heterocycles. The van der Waals surface area contributed by atoms with Gasteiger partial charge in [-0.15, -0.1) is 11.3 Å². The van der Waals surface area contributed by atoms with E-state index in [0.29, 0.717) is 18.5 Å². The number of nitrogens with zero attached hydrogens (tertiary/aromatic N) is 3. The summed E-state index contributed by atoms with van der Waals surface area (Å²) in [6, 6.07) is 9.41. The molecule has 164 valence electrons. The van der Waals surface area contributed by atoms with Crippen LogP contribution >= 0.6 is 11.3 Å². The van der Waals surface area contributed by atoms with E-state index in [4.69, 9.17) is 0 Å². The first-order valence-electron chi connectivity index (χ1n) is 10.7. The molecule has 8 heteroatoms. The van der Waals surface area contributed by atoms with E-state index in [1.165, 1.54) is 6.07 Å². The molecular formula is C24H22F2N4OS. The van der Waals surface area contributed by atoms with Gasteiger partial charge in [-0.25, -0.2) is 13.8 Å². The maximum absolute atomic E-state index is 13.9. The predicted octanol–water partition coefficient (Wildman–Crippen LogP) is 4.02. The SMILES string of the molecule is O=c1c2c3c(sc2ncn1CCc1ccccn1)CC(NCc1cc(F)ccc1F)CC3. The van der Waals surface area contributed by atoms with E-state index in [9.17, 15) is 13.6 Å². The van der Waals surface area contributed by atoms with Crippen LogP contribution in [-0.4, -0.2) is 20.6 Å². The number of aromatic nitrogens is 3. The molecule has 5 nitrogen and oxygen atoms in total. The first kappa shape index (κ1) is 20.9. The highest BCUT2D eigenvalue weighted by atomic mass is 32.1. The van der Waals surface area contributed by atoms with Crippen molar-refractivity contribution in [2.45, 2.75) is 44.8 Å². The largest absolute Gasteiger partial charge is 0.309 e. The summed E-state index contributed by atoms with van der Waals surface area (Å²) >= 11 is 1.56. The van der Waals surface area contributed by atoms with Crippen LogP contribution in [0.5, 0.6) is 0 Å². The molecule has 1 unspecified atom stereocenters. The first-order valence-corrected chi connectivity index (χ1v) is 11.5. The molecule has 0 saturated carbocycles. The van der Waals surface area contributed by atoms with E-state index < -0.39 is 11.6 Å². The summed E-state index contributed by atoms with van der Waals surface area (Å²) in [5.41, 5.74) is 2.35. The third-order valence-corrected chi connectivity index (χ3v) is 7.12. The number of aryl methyl sites for hydroxylation is 3. The second-order valence-electron chi connectivity index (χ2n) is 8.05. The number of nitrogens with one attached hydrogen (secondary N) is 1. The Hall–Kier alpha value is -2.97. The fraction of sp³-hybridized carbons (Fsp3) is 0.292. The number of pyridine rings is 1. The molecule has 5 rings (SSSR count). The van der Waals surface area contributed by atoms with Gasteiger partial charge in [-0.3, -0.25) is 14.3 Å². The molecule has 1 aliphatic carbocycles.